The van der Waals surface area contributed by atoms with Crippen LogP contribution in [-0.2, 0) is 16.2 Å². The van der Waals surface area contributed by atoms with Crippen LogP contribution in [-0.4, -0.2) is 0 Å². The molecule has 0 fully saturated rings. The van der Waals surface area contributed by atoms with Gasteiger partial charge in [-0.3, -0.25) is 0 Å². The summed E-state index contributed by atoms with van der Waals surface area (Å²) < 4.78 is 0. The van der Waals surface area contributed by atoms with E-state index in [-0.39, 0.29) is 16.2 Å². The lowest BCUT2D eigenvalue weighted by molar-refractivity contribution is 0.620. The lowest BCUT2D eigenvalue weighted by Gasteiger charge is -2.43. The molecule has 2 nitrogen and oxygen atoms in total. The van der Waals surface area contributed by atoms with E-state index in [1.54, 1.807) is 0 Å². The first kappa shape index (κ1) is 34.4. The van der Waals surface area contributed by atoms with Crippen molar-refractivity contribution >= 4 is 66.4 Å². The third-order valence-corrected chi connectivity index (χ3v) is 14.4. The van der Waals surface area contributed by atoms with Gasteiger partial charge in [0.1, 0.15) is 0 Å². The molecule has 0 N–H and O–H groups in total. The predicted octanol–water partition coefficient (Wildman–Crippen LogP) is 15.7. The van der Waals surface area contributed by atoms with E-state index < -0.39 is 0 Å². The Bertz CT molecular complexity index is 3200. The normalized spacial score (nSPS) is 16.3. The molecule has 0 saturated heterocycles. The van der Waals surface area contributed by atoms with Gasteiger partial charge in [0.2, 0.25) is 0 Å². The molecule has 0 saturated carbocycles. The van der Waals surface area contributed by atoms with Gasteiger partial charge in [0.25, 0.3) is 0 Å². The molecule has 2 heterocycles. The van der Waals surface area contributed by atoms with E-state index in [1.165, 1.54) is 111 Å². The van der Waals surface area contributed by atoms with Crippen LogP contribution < -0.4 is 9.80 Å². The molecule has 12 rings (SSSR count). The highest BCUT2D eigenvalue weighted by molar-refractivity contribution is 6.26. The summed E-state index contributed by atoms with van der Waals surface area (Å²) >= 11 is 0. The largest absolute Gasteiger partial charge is 0.310 e. The highest BCUT2D eigenvalue weighted by Crippen LogP contribution is 2.58. The predicted molar refractivity (Wildman–Crippen MR) is 250 cm³/mol. The quantitative estimate of drug-likeness (QED) is 0.162. The summed E-state index contributed by atoms with van der Waals surface area (Å²) in [6.45, 7) is 14.3. The number of anilines is 6. The summed E-state index contributed by atoms with van der Waals surface area (Å²) in [5.41, 5.74) is 17.9. The third-order valence-electron chi connectivity index (χ3n) is 14.4. The van der Waals surface area contributed by atoms with E-state index >= 15 is 0 Å². The maximum absolute atomic E-state index is 2.54. The molecular weight excluding hydrogens is 713 g/mol. The molecule has 59 heavy (non-hydrogen) atoms. The number of hydrogen-bond donors (Lipinski definition) is 0. The van der Waals surface area contributed by atoms with E-state index in [0.29, 0.717) is 0 Å². The van der Waals surface area contributed by atoms with E-state index in [0.717, 1.165) is 0 Å². The lowest BCUT2D eigenvalue weighted by atomic mass is 9.71. The van der Waals surface area contributed by atoms with Crippen molar-refractivity contribution in [1.82, 2.24) is 0 Å². The second-order valence-corrected chi connectivity index (χ2v) is 18.6. The van der Waals surface area contributed by atoms with Gasteiger partial charge in [0.15, 0.2) is 0 Å². The summed E-state index contributed by atoms with van der Waals surface area (Å²) in [5.74, 6) is 0. The Morgan fingerprint density at radius 3 is 1.19 bits per heavy atom. The van der Waals surface area contributed by atoms with Crippen molar-refractivity contribution in [2.45, 2.75) is 57.8 Å². The molecular formula is C57H46N2. The van der Waals surface area contributed by atoms with Crippen molar-refractivity contribution in [3.63, 3.8) is 0 Å². The van der Waals surface area contributed by atoms with Crippen LogP contribution in [0.5, 0.6) is 0 Å². The summed E-state index contributed by atoms with van der Waals surface area (Å²) in [6, 6.07) is 64.2. The van der Waals surface area contributed by atoms with E-state index in [2.05, 4.69) is 221 Å². The fraction of sp³-hybridized carbons (Fsp3) is 0.158. The second-order valence-electron chi connectivity index (χ2n) is 18.6. The topological polar surface area (TPSA) is 6.48 Å². The number of hydrogen-bond acceptors (Lipinski definition) is 2. The molecule has 0 amide bonds. The SMILES string of the molecule is CC1(C)c2ccccc2-c2cc3c(cc21)C(C)(C)c1ccccc1N3c1ccc2c3ccc(N4c5ccccc5C(C)(C)c5ccccc54)cc3c3ccccc3c2c1. The first-order valence-corrected chi connectivity index (χ1v) is 21.1. The number of rotatable bonds is 2. The summed E-state index contributed by atoms with van der Waals surface area (Å²) in [5, 5.41) is 7.61. The maximum Gasteiger partial charge on any atom is 0.0509 e. The maximum atomic E-state index is 2.54. The third kappa shape index (κ3) is 4.52. The number of nitrogens with zero attached hydrogens (tertiary/aromatic N) is 2. The fourth-order valence-corrected chi connectivity index (χ4v) is 11.3. The first-order valence-electron chi connectivity index (χ1n) is 21.1. The van der Waals surface area contributed by atoms with Gasteiger partial charge in [-0.25, -0.2) is 0 Å². The number of fused-ring (bicyclic) bond motifs is 13. The highest BCUT2D eigenvalue weighted by atomic mass is 15.2. The van der Waals surface area contributed by atoms with Crippen LogP contribution >= 0.6 is 0 Å². The van der Waals surface area contributed by atoms with Crippen molar-refractivity contribution in [2.75, 3.05) is 9.80 Å². The minimum atomic E-state index is -0.176. The Morgan fingerprint density at radius 2 is 0.661 bits per heavy atom. The van der Waals surface area contributed by atoms with Crippen LogP contribution in [0.3, 0.4) is 0 Å². The molecule has 0 spiro atoms. The second kappa shape index (κ2) is 11.7. The Kier molecular flexibility index (Phi) is 6.84. The van der Waals surface area contributed by atoms with E-state index in [4.69, 9.17) is 0 Å². The zero-order valence-electron chi connectivity index (χ0n) is 34.6. The van der Waals surface area contributed by atoms with E-state index in [1.807, 2.05) is 0 Å². The van der Waals surface area contributed by atoms with Gasteiger partial charge in [-0.15, -0.1) is 0 Å². The van der Waals surface area contributed by atoms with Gasteiger partial charge in [0.05, 0.1) is 22.7 Å². The standard InChI is InChI=1S/C57H46N2/c1-55(2)45-20-10-9-19-41(45)44-33-54-50(34-49(44)55)57(5,6)48-23-13-16-26-53(48)59(54)36-28-30-40-39-29-27-35(31-42(39)37-17-7-8-18-38(37)43(40)32-36)58-51-24-14-11-21-46(51)56(3,4)47-22-12-15-25-52(47)58/h7-34H,1-6H3. The fourth-order valence-electron chi connectivity index (χ4n) is 11.3. The van der Waals surface area contributed by atoms with Gasteiger partial charge in [-0.2, -0.15) is 0 Å². The molecule has 2 aliphatic heterocycles. The summed E-state index contributed by atoms with van der Waals surface area (Å²) in [4.78, 5) is 5.01. The van der Waals surface area contributed by atoms with Gasteiger partial charge in [0, 0.05) is 27.6 Å². The summed E-state index contributed by atoms with van der Waals surface area (Å²) in [7, 11) is 0. The van der Waals surface area contributed by atoms with E-state index in [9.17, 15) is 0 Å². The molecule has 9 aromatic carbocycles. The molecule has 2 heteroatoms. The molecule has 0 bridgehead atoms. The average Bonchev–Trinajstić information content (AvgIpc) is 3.48. The first-order chi connectivity index (χ1) is 28.5. The average molecular weight is 759 g/mol. The molecule has 0 aromatic heterocycles. The Hall–Kier alpha value is -6.64. The minimum absolute atomic E-state index is 0.0705. The zero-order chi connectivity index (χ0) is 40.0. The molecule has 9 aromatic rings. The van der Waals surface area contributed by atoms with Crippen molar-refractivity contribution in [3.05, 3.63) is 203 Å². The van der Waals surface area contributed by atoms with Crippen LogP contribution in [0.2, 0.25) is 0 Å². The number of benzene rings is 9. The van der Waals surface area contributed by atoms with Crippen LogP contribution in [0.1, 0.15) is 74.9 Å². The van der Waals surface area contributed by atoms with Crippen LogP contribution in [0, 0.1) is 0 Å². The molecule has 0 radical (unpaired) electrons. The van der Waals surface area contributed by atoms with Crippen molar-refractivity contribution in [2.24, 2.45) is 0 Å². The van der Waals surface area contributed by atoms with Gasteiger partial charge < -0.3 is 9.80 Å². The van der Waals surface area contributed by atoms with Crippen LogP contribution in [0.25, 0.3) is 43.4 Å². The highest BCUT2D eigenvalue weighted by Gasteiger charge is 2.42. The molecule has 284 valence electrons. The van der Waals surface area contributed by atoms with Crippen molar-refractivity contribution < 1.29 is 0 Å². The Morgan fingerprint density at radius 1 is 0.271 bits per heavy atom. The smallest absolute Gasteiger partial charge is 0.0509 e. The van der Waals surface area contributed by atoms with Crippen LogP contribution in [0.4, 0.5) is 34.1 Å². The van der Waals surface area contributed by atoms with Gasteiger partial charge in [-0.1, -0.05) is 163 Å². The van der Waals surface area contributed by atoms with Gasteiger partial charge in [-0.05, 0) is 125 Å². The molecule has 0 unspecified atom stereocenters. The zero-order valence-corrected chi connectivity index (χ0v) is 34.6. The molecule has 1 aliphatic carbocycles. The monoisotopic (exact) mass is 758 g/mol. The Labute approximate surface area is 347 Å². The van der Waals surface area contributed by atoms with Crippen molar-refractivity contribution in [3.8, 4) is 11.1 Å². The molecule has 0 atom stereocenters. The number of para-hydroxylation sites is 3. The van der Waals surface area contributed by atoms with Crippen molar-refractivity contribution in [1.29, 1.82) is 0 Å². The minimum Gasteiger partial charge on any atom is -0.310 e. The Balaban J connectivity index is 1.08. The molecule has 3 aliphatic rings. The lowest BCUT2D eigenvalue weighted by Crippen LogP contribution is -2.31. The van der Waals surface area contributed by atoms with Crippen LogP contribution in [0.15, 0.2) is 170 Å². The summed E-state index contributed by atoms with van der Waals surface area (Å²) in [6.07, 6.45) is 0. The van der Waals surface area contributed by atoms with Gasteiger partial charge >= 0.3 is 0 Å².